The van der Waals surface area contributed by atoms with Crippen LogP contribution in [0.5, 0.6) is 0 Å². The number of Topliss-reactive ketones (excluding diaryl/α,β-unsaturated/α-hetero) is 1. The van der Waals surface area contributed by atoms with E-state index < -0.39 is 0 Å². The lowest BCUT2D eigenvalue weighted by atomic mass is 9.70. The van der Waals surface area contributed by atoms with Crippen LogP contribution in [0.2, 0.25) is 0 Å². The van der Waals surface area contributed by atoms with Crippen molar-refractivity contribution in [3.63, 3.8) is 0 Å². The number of rotatable bonds is 5. The van der Waals surface area contributed by atoms with Gasteiger partial charge in [0.25, 0.3) is 0 Å². The standard InChI is InChI=1S/C16H30N2O2/c1-16(2,3)14(19)12-8-6-7-9-13(12)15(20)17-10-11-18(4)5/h12-13H,6-11H2,1-5H3,(H,17,20)/t12-,13+/m1/s1. The average Bonchev–Trinajstić information content (AvgIpc) is 2.36. The predicted octanol–water partition coefficient (Wildman–Crippen LogP) is 2.09. The number of carbonyl (C=O) groups is 2. The van der Waals surface area contributed by atoms with Gasteiger partial charge in [-0.3, -0.25) is 9.59 Å². The fourth-order valence-corrected chi connectivity index (χ4v) is 2.85. The van der Waals surface area contributed by atoms with E-state index in [4.69, 9.17) is 0 Å². The molecule has 0 aromatic heterocycles. The monoisotopic (exact) mass is 282 g/mol. The first kappa shape index (κ1) is 17.2. The van der Waals surface area contributed by atoms with E-state index in [2.05, 4.69) is 5.32 Å². The van der Waals surface area contributed by atoms with Gasteiger partial charge < -0.3 is 10.2 Å². The zero-order valence-corrected chi connectivity index (χ0v) is 13.7. The molecule has 1 aliphatic rings. The van der Waals surface area contributed by atoms with Crippen molar-refractivity contribution in [1.29, 1.82) is 0 Å². The molecule has 1 saturated carbocycles. The molecule has 1 fully saturated rings. The molecule has 1 amide bonds. The summed E-state index contributed by atoms with van der Waals surface area (Å²) in [6.07, 6.45) is 3.83. The maximum atomic E-state index is 12.5. The number of hydrogen-bond acceptors (Lipinski definition) is 3. The molecular formula is C16H30N2O2. The van der Waals surface area contributed by atoms with Crippen LogP contribution in [0.1, 0.15) is 46.5 Å². The summed E-state index contributed by atoms with van der Waals surface area (Å²) in [5, 5.41) is 2.99. The van der Waals surface area contributed by atoms with Crippen molar-refractivity contribution >= 4 is 11.7 Å². The number of nitrogens with one attached hydrogen (secondary N) is 1. The molecule has 116 valence electrons. The molecule has 0 bridgehead atoms. The Morgan fingerprint density at radius 3 is 2.15 bits per heavy atom. The van der Waals surface area contributed by atoms with Crippen molar-refractivity contribution in [2.45, 2.75) is 46.5 Å². The highest BCUT2D eigenvalue weighted by Gasteiger charge is 2.39. The van der Waals surface area contributed by atoms with Crippen LogP contribution in [0.25, 0.3) is 0 Å². The predicted molar refractivity (Wildman–Crippen MR) is 81.5 cm³/mol. The lowest BCUT2D eigenvalue weighted by Gasteiger charge is -2.33. The fourth-order valence-electron chi connectivity index (χ4n) is 2.85. The first-order valence-corrected chi connectivity index (χ1v) is 7.70. The minimum absolute atomic E-state index is 0.0640. The maximum absolute atomic E-state index is 12.5. The summed E-state index contributed by atoms with van der Waals surface area (Å²) in [5.74, 6) is 0.0832. The second-order valence-electron chi connectivity index (χ2n) is 7.21. The fraction of sp³-hybridized carbons (Fsp3) is 0.875. The van der Waals surface area contributed by atoms with Gasteiger partial charge in [0, 0.05) is 30.3 Å². The molecule has 0 radical (unpaired) electrons. The van der Waals surface area contributed by atoms with E-state index in [1.807, 2.05) is 39.8 Å². The van der Waals surface area contributed by atoms with E-state index in [0.29, 0.717) is 6.54 Å². The van der Waals surface area contributed by atoms with E-state index in [-0.39, 0.29) is 28.9 Å². The number of nitrogens with zero attached hydrogens (tertiary/aromatic N) is 1. The topological polar surface area (TPSA) is 49.4 Å². The van der Waals surface area contributed by atoms with Gasteiger partial charge in [-0.2, -0.15) is 0 Å². The van der Waals surface area contributed by atoms with Gasteiger partial charge in [0.2, 0.25) is 5.91 Å². The van der Waals surface area contributed by atoms with Gasteiger partial charge in [-0.25, -0.2) is 0 Å². The van der Waals surface area contributed by atoms with Crippen LogP contribution in [0.15, 0.2) is 0 Å². The van der Waals surface area contributed by atoms with Gasteiger partial charge in [-0.15, -0.1) is 0 Å². The average molecular weight is 282 g/mol. The van der Waals surface area contributed by atoms with Crippen LogP contribution in [-0.4, -0.2) is 43.8 Å². The normalized spacial score (nSPS) is 23.7. The summed E-state index contributed by atoms with van der Waals surface area (Å²) in [4.78, 5) is 26.9. The van der Waals surface area contributed by atoms with Crippen molar-refractivity contribution in [2.24, 2.45) is 17.3 Å². The highest BCUT2D eigenvalue weighted by atomic mass is 16.2. The first-order chi connectivity index (χ1) is 9.23. The molecule has 1 N–H and O–H groups in total. The summed E-state index contributed by atoms with van der Waals surface area (Å²) < 4.78 is 0. The molecule has 1 aliphatic carbocycles. The molecule has 0 aromatic carbocycles. The summed E-state index contributed by atoms with van der Waals surface area (Å²) >= 11 is 0. The van der Waals surface area contributed by atoms with Crippen molar-refractivity contribution < 1.29 is 9.59 Å². The first-order valence-electron chi connectivity index (χ1n) is 7.70. The molecule has 0 unspecified atom stereocenters. The third-order valence-electron chi connectivity index (χ3n) is 4.04. The number of hydrogen-bond donors (Lipinski definition) is 1. The highest BCUT2D eigenvalue weighted by Crippen LogP contribution is 2.35. The van der Waals surface area contributed by atoms with E-state index >= 15 is 0 Å². The van der Waals surface area contributed by atoms with Crippen LogP contribution in [0, 0.1) is 17.3 Å². The Morgan fingerprint density at radius 1 is 1.10 bits per heavy atom. The lowest BCUT2D eigenvalue weighted by Crippen LogP contribution is -2.44. The van der Waals surface area contributed by atoms with Crippen molar-refractivity contribution in [1.82, 2.24) is 10.2 Å². The Balaban J connectivity index is 2.64. The smallest absolute Gasteiger partial charge is 0.223 e. The Bertz CT molecular complexity index is 345. The van der Waals surface area contributed by atoms with Crippen LogP contribution in [0.4, 0.5) is 0 Å². The van der Waals surface area contributed by atoms with Gasteiger partial charge in [0.15, 0.2) is 0 Å². The Labute approximate surface area is 123 Å². The zero-order chi connectivity index (χ0) is 15.3. The molecule has 0 saturated heterocycles. The minimum atomic E-state index is -0.357. The molecule has 0 aliphatic heterocycles. The summed E-state index contributed by atoms with van der Waals surface area (Å²) in [6, 6.07) is 0. The van der Waals surface area contributed by atoms with Gasteiger partial charge in [-0.05, 0) is 26.9 Å². The van der Waals surface area contributed by atoms with Crippen LogP contribution < -0.4 is 5.32 Å². The Kier molecular flexibility index (Phi) is 6.18. The third-order valence-corrected chi connectivity index (χ3v) is 4.04. The highest BCUT2D eigenvalue weighted by molar-refractivity contribution is 5.91. The van der Waals surface area contributed by atoms with Gasteiger partial charge in [-0.1, -0.05) is 33.6 Å². The maximum Gasteiger partial charge on any atom is 0.223 e. The largest absolute Gasteiger partial charge is 0.355 e. The van der Waals surface area contributed by atoms with E-state index in [0.717, 1.165) is 32.2 Å². The van der Waals surface area contributed by atoms with Crippen LogP contribution >= 0.6 is 0 Å². The van der Waals surface area contributed by atoms with E-state index in [1.54, 1.807) is 0 Å². The Hall–Kier alpha value is -0.900. The van der Waals surface area contributed by atoms with Gasteiger partial charge in [0.05, 0.1) is 0 Å². The summed E-state index contributed by atoms with van der Waals surface area (Å²) in [5.41, 5.74) is -0.357. The molecule has 4 nitrogen and oxygen atoms in total. The molecular weight excluding hydrogens is 252 g/mol. The molecule has 20 heavy (non-hydrogen) atoms. The van der Waals surface area contributed by atoms with Crippen molar-refractivity contribution in [2.75, 3.05) is 27.2 Å². The minimum Gasteiger partial charge on any atom is -0.355 e. The lowest BCUT2D eigenvalue weighted by molar-refractivity contribution is -0.139. The molecule has 0 aromatic rings. The second-order valence-corrected chi connectivity index (χ2v) is 7.21. The second kappa shape index (κ2) is 7.21. The number of likely N-dealkylation sites (N-methyl/N-ethyl adjacent to an activating group) is 1. The van der Waals surface area contributed by atoms with Gasteiger partial charge in [0.1, 0.15) is 5.78 Å². The number of amides is 1. The SMILES string of the molecule is CN(C)CCNC(=O)[C@H]1CCCC[C@H]1C(=O)C(C)(C)C. The third kappa shape index (κ3) is 4.89. The molecule has 0 spiro atoms. The van der Waals surface area contributed by atoms with Gasteiger partial charge >= 0.3 is 0 Å². The van der Waals surface area contributed by atoms with E-state index in [1.165, 1.54) is 0 Å². The zero-order valence-electron chi connectivity index (χ0n) is 13.7. The molecule has 1 rings (SSSR count). The summed E-state index contributed by atoms with van der Waals surface area (Å²) in [7, 11) is 3.97. The van der Waals surface area contributed by atoms with E-state index in [9.17, 15) is 9.59 Å². The van der Waals surface area contributed by atoms with Crippen molar-refractivity contribution in [3.8, 4) is 0 Å². The quantitative estimate of drug-likeness (QED) is 0.840. The number of carbonyl (C=O) groups excluding carboxylic acids is 2. The molecule has 4 heteroatoms. The number of ketones is 1. The van der Waals surface area contributed by atoms with Crippen LogP contribution in [-0.2, 0) is 9.59 Å². The Morgan fingerprint density at radius 2 is 1.65 bits per heavy atom. The molecule has 0 heterocycles. The summed E-state index contributed by atoms with van der Waals surface area (Å²) in [6.45, 7) is 7.33. The van der Waals surface area contributed by atoms with Crippen molar-refractivity contribution in [3.05, 3.63) is 0 Å². The molecule has 2 atom stereocenters. The van der Waals surface area contributed by atoms with Crippen LogP contribution in [0.3, 0.4) is 0 Å².